The maximum Gasteiger partial charge on any atom is 0.280 e. The van der Waals surface area contributed by atoms with Crippen molar-refractivity contribution in [2.24, 2.45) is 5.10 Å². The molecule has 0 unspecified atom stereocenters. The van der Waals surface area contributed by atoms with E-state index in [9.17, 15) is 4.79 Å². The highest BCUT2D eigenvalue weighted by molar-refractivity contribution is 5.83. The highest BCUT2D eigenvalue weighted by Crippen LogP contribution is 2.25. The van der Waals surface area contributed by atoms with Crippen LogP contribution in [0.1, 0.15) is 43.4 Å². The second-order valence-electron chi connectivity index (χ2n) is 6.46. The Morgan fingerprint density at radius 3 is 2.54 bits per heavy atom. The van der Waals surface area contributed by atoms with E-state index >= 15 is 0 Å². The Morgan fingerprint density at radius 2 is 1.85 bits per heavy atom. The van der Waals surface area contributed by atoms with Crippen LogP contribution in [0.3, 0.4) is 0 Å². The number of carbonyl (C=O) groups is 1. The largest absolute Gasteiger partial charge is 0.481 e. The summed E-state index contributed by atoms with van der Waals surface area (Å²) in [5.41, 5.74) is 5.76. The average molecular weight is 350 g/mol. The number of nitrogens with zero attached hydrogens (tertiary/aromatic N) is 1. The predicted octanol–water partition coefficient (Wildman–Crippen LogP) is 4.70. The van der Waals surface area contributed by atoms with Gasteiger partial charge in [0.25, 0.3) is 5.91 Å². The number of rotatable bonds is 7. The lowest BCUT2D eigenvalue weighted by molar-refractivity contribution is -0.127. The molecule has 0 saturated carbocycles. The SMILES string of the molecule is Cc1ccc(C(C)C)cc1O[C@@H](C)C(=O)NN=C/C=C\c1ccccc1. The minimum absolute atomic E-state index is 0.288. The van der Waals surface area contributed by atoms with Gasteiger partial charge < -0.3 is 4.74 Å². The van der Waals surface area contributed by atoms with Crippen molar-refractivity contribution in [1.82, 2.24) is 5.43 Å². The van der Waals surface area contributed by atoms with E-state index in [0.29, 0.717) is 5.92 Å². The van der Waals surface area contributed by atoms with Gasteiger partial charge in [-0.25, -0.2) is 5.43 Å². The minimum Gasteiger partial charge on any atom is -0.481 e. The molecule has 4 nitrogen and oxygen atoms in total. The number of carbonyl (C=O) groups excluding carboxylic acids is 1. The highest BCUT2D eigenvalue weighted by atomic mass is 16.5. The molecule has 2 aromatic carbocycles. The van der Waals surface area contributed by atoms with E-state index in [1.165, 1.54) is 5.56 Å². The summed E-state index contributed by atoms with van der Waals surface area (Å²) >= 11 is 0. The number of hydrogen-bond acceptors (Lipinski definition) is 3. The summed E-state index contributed by atoms with van der Waals surface area (Å²) < 4.78 is 5.82. The molecule has 0 aromatic heterocycles. The summed E-state index contributed by atoms with van der Waals surface area (Å²) in [7, 11) is 0. The summed E-state index contributed by atoms with van der Waals surface area (Å²) in [6.07, 6.45) is 4.60. The second kappa shape index (κ2) is 9.56. The summed E-state index contributed by atoms with van der Waals surface area (Å²) in [6, 6.07) is 16.0. The third kappa shape index (κ3) is 5.88. The zero-order valence-corrected chi connectivity index (χ0v) is 15.8. The first-order valence-corrected chi connectivity index (χ1v) is 8.79. The van der Waals surface area contributed by atoms with Gasteiger partial charge in [-0.05, 0) is 48.6 Å². The molecule has 0 radical (unpaired) electrons. The molecule has 1 N–H and O–H groups in total. The van der Waals surface area contributed by atoms with E-state index in [0.717, 1.165) is 16.9 Å². The van der Waals surface area contributed by atoms with Gasteiger partial charge in [-0.15, -0.1) is 0 Å². The van der Waals surface area contributed by atoms with Crippen molar-refractivity contribution >= 4 is 18.2 Å². The van der Waals surface area contributed by atoms with Crippen molar-refractivity contribution in [2.75, 3.05) is 0 Å². The van der Waals surface area contributed by atoms with Crippen LogP contribution in [0.4, 0.5) is 0 Å². The molecule has 0 aliphatic rings. The molecule has 0 spiro atoms. The lowest BCUT2D eigenvalue weighted by atomic mass is 10.0. The van der Waals surface area contributed by atoms with Gasteiger partial charge in [0.1, 0.15) is 5.75 Å². The van der Waals surface area contributed by atoms with Gasteiger partial charge in [0.15, 0.2) is 6.10 Å². The molecule has 2 aromatic rings. The first kappa shape index (κ1) is 19.4. The van der Waals surface area contributed by atoms with Crippen molar-refractivity contribution in [3.8, 4) is 5.75 Å². The van der Waals surface area contributed by atoms with Gasteiger partial charge in [-0.1, -0.05) is 62.4 Å². The Labute approximate surface area is 155 Å². The smallest absolute Gasteiger partial charge is 0.280 e. The van der Waals surface area contributed by atoms with Gasteiger partial charge in [-0.2, -0.15) is 5.10 Å². The van der Waals surface area contributed by atoms with Crippen molar-refractivity contribution < 1.29 is 9.53 Å². The molecular formula is C22H26N2O2. The van der Waals surface area contributed by atoms with Crippen LogP contribution in [-0.2, 0) is 4.79 Å². The van der Waals surface area contributed by atoms with E-state index in [-0.39, 0.29) is 5.91 Å². The molecule has 1 amide bonds. The van der Waals surface area contributed by atoms with Crippen molar-refractivity contribution in [1.29, 1.82) is 0 Å². The standard InChI is InChI=1S/C22H26N2O2/c1-16(2)20-13-12-17(3)21(15-20)26-18(4)22(25)24-23-14-8-11-19-9-6-5-7-10-19/h5-16,18H,1-4H3,(H,24,25)/b11-8-,23-14?/t18-/m0/s1. The maximum atomic E-state index is 12.1. The number of ether oxygens (including phenoxy) is 1. The van der Waals surface area contributed by atoms with Crippen LogP contribution in [0, 0.1) is 6.92 Å². The lowest BCUT2D eigenvalue weighted by Crippen LogP contribution is -2.33. The fourth-order valence-electron chi connectivity index (χ4n) is 2.30. The molecule has 0 aliphatic carbocycles. The number of hydrogen-bond donors (Lipinski definition) is 1. The van der Waals surface area contributed by atoms with Crippen LogP contribution < -0.4 is 10.2 Å². The Morgan fingerprint density at radius 1 is 1.12 bits per heavy atom. The quantitative estimate of drug-likeness (QED) is 0.581. The summed E-state index contributed by atoms with van der Waals surface area (Å²) in [5, 5.41) is 3.93. The summed E-state index contributed by atoms with van der Waals surface area (Å²) in [6.45, 7) is 7.94. The molecule has 2 rings (SSSR count). The Hall–Kier alpha value is -2.88. The zero-order chi connectivity index (χ0) is 18.9. The molecule has 0 bridgehead atoms. The van der Waals surface area contributed by atoms with Crippen molar-refractivity contribution in [2.45, 2.75) is 39.7 Å². The predicted molar refractivity (Wildman–Crippen MR) is 107 cm³/mol. The normalized spacial score (nSPS) is 12.7. The third-order valence-electron chi connectivity index (χ3n) is 3.98. The average Bonchev–Trinajstić information content (AvgIpc) is 2.63. The number of nitrogens with one attached hydrogen (secondary N) is 1. The van der Waals surface area contributed by atoms with E-state index in [1.54, 1.807) is 19.2 Å². The number of amides is 1. The zero-order valence-electron chi connectivity index (χ0n) is 15.8. The number of benzene rings is 2. The van der Waals surface area contributed by atoms with E-state index in [1.807, 2.05) is 55.5 Å². The van der Waals surface area contributed by atoms with Crippen LogP contribution in [0.25, 0.3) is 6.08 Å². The fraction of sp³-hybridized carbons (Fsp3) is 0.273. The first-order valence-electron chi connectivity index (χ1n) is 8.79. The molecule has 0 heterocycles. The molecule has 4 heteroatoms. The third-order valence-corrected chi connectivity index (χ3v) is 3.98. The van der Waals surface area contributed by atoms with Gasteiger partial charge in [-0.3, -0.25) is 4.79 Å². The number of allylic oxidation sites excluding steroid dienone is 1. The molecule has 1 atom stereocenters. The van der Waals surface area contributed by atoms with Gasteiger partial charge >= 0.3 is 0 Å². The molecule has 0 aliphatic heterocycles. The summed E-state index contributed by atoms with van der Waals surface area (Å²) in [5.74, 6) is 0.846. The molecule has 26 heavy (non-hydrogen) atoms. The van der Waals surface area contributed by atoms with Crippen LogP contribution in [-0.4, -0.2) is 18.2 Å². The van der Waals surface area contributed by atoms with Gasteiger partial charge in [0.2, 0.25) is 0 Å². The van der Waals surface area contributed by atoms with E-state index in [2.05, 4.69) is 30.4 Å². The maximum absolute atomic E-state index is 12.1. The van der Waals surface area contributed by atoms with E-state index in [4.69, 9.17) is 4.74 Å². The Bertz CT molecular complexity index is 780. The molecule has 0 fully saturated rings. The van der Waals surface area contributed by atoms with Gasteiger partial charge in [0, 0.05) is 6.21 Å². The first-order chi connectivity index (χ1) is 12.5. The van der Waals surface area contributed by atoms with Crippen LogP contribution in [0.2, 0.25) is 0 Å². The Kier molecular flexibility index (Phi) is 7.15. The van der Waals surface area contributed by atoms with Crippen LogP contribution >= 0.6 is 0 Å². The fourth-order valence-corrected chi connectivity index (χ4v) is 2.30. The Balaban J connectivity index is 1.88. The second-order valence-corrected chi connectivity index (χ2v) is 6.46. The van der Waals surface area contributed by atoms with Crippen LogP contribution in [0.5, 0.6) is 5.75 Å². The molecule has 136 valence electrons. The number of aryl methyl sites for hydroxylation is 1. The highest BCUT2D eigenvalue weighted by Gasteiger charge is 2.15. The minimum atomic E-state index is -0.633. The summed E-state index contributed by atoms with van der Waals surface area (Å²) in [4.78, 5) is 12.1. The monoisotopic (exact) mass is 350 g/mol. The van der Waals surface area contributed by atoms with E-state index < -0.39 is 6.10 Å². The molecular weight excluding hydrogens is 324 g/mol. The van der Waals surface area contributed by atoms with Crippen molar-refractivity contribution in [3.05, 3.63) is 71.3 Å². The van der Waals surface area contributed by atoms with Crippen LogP contribution in [0.15, 0.2) is 59.7 Å². The lowest BCUT2D eigenvalue weighted by Gasteiger charge is -2.16. The topological polar surface area (TPSA) is 50.7 Å². The van der Waals surface area contributed by atoms with Crippen molar-refractivity contribution in [3.63, 3.8) is 0 Å². The molecule has 0 saturated heterocycles. The van der Waals surface area contributed by atoms with Gasteiger partial charge in [0.05, 0.1) is 0 Å². The number of hydrazone groups is 1.